The lowest BCUT2D eigenvalue weighted by atomic mass is 10.3. The van der Waals surface area contributed by atoms with Gasteiger partial charge in [0.05, 0.1) is 10.6 Å². The van der Waals surface area contributed by atoms with E-state index in [1.54, 1.807) is 0 Å². The SMILES string of the molecule is NNc1ccc([N+](=O)[O-])cc1S(=O)(=O)NCCOC(N)=O. The zero-order valence-electron chi connectivity index (χ0n) is 10.6. The third kappa shape index (κ3) is 4.55. The minimum Gasteiger partial charge on any atom is -0.448 e. The molecule has 12 heteroatoms. The minimum absolute atomic E-state index is 0.0241. The van der Waals surface area contributed by atoms with E-state index in [2.05, 4.69) is 14.9 Å². The van der Waals surface area contributed by atoms with Crippen molar-refractivity contribution in [3.8, 4) is 0 Å². The Hall–Kier alpha value is -2.44. The number of hydrogen-bond acceptors (Lipinski definition) is 8. The summed E-state index contributed by atoms with van der Waals surface area (Å²) in [5.74, 6) is 5.17. The molecule has 0 atom stereocenters. The van der Waals surface area contributed by atoms with Gasteiger partial charge in [-0.2, -0.15) is 0 Å². The molecule has 1 aromatic rings. The molecule has 6 N–H and O–H groups in total. The highest BCUT2D eigenvalue weighted by molar-refractivity contribution is 7.89. The highest BCUT2D eigenvalue weighted by Crippen LogP contribution is 2.25. The number of carbonyl (C=O) groups excluding carboxylic acids is 1. The van der Waals surface area contributed by atoms with Crippen molar-refractivity contribution in [2.45, 2.75) is 4.90 Å². The number of hydrogen-bond donors (Lipinski definition) is 4. The molecule has 21 heavy (non-hydrogen) atoms. The number of nitrogens with zero attached hydrogens (tertiary/aromatic N) is 1. The van der Waals surface area contributed by atoms with E-state index >= 15 is 0 Å². The van der Waals surface area contributed by atoms with Gasteiger partial charge in [-0.3, -0.25) is 16.0 Å². The van der Waals surface area contributed by atoms with E-state index in [-0.39, 0.29) is 18.8 Å². The molecule has 11 nitrogen and oxygen atoms in total. The molecular formula is C9H13N5O6S. The molecule has 0 heterocycles. The van der Waals surface area contributed by atoms with Crippen LogP contribution in [-0.4, -0.2) is 32.6 Å². The van der Waals surface area contributed by atoms with Crippen LogP contribution in [0.1, 0.15) is 0 Å². The lowest BCUT2D eigenvalue weighted by Crippen LogP contribution is -2.30. The summed E-state index contributed by atoms with van der Waals surface area (Å²) in [5.41, 5.74) is 6.40. The Balaban J connectivity index is 2.97. The molecule has 0 aromatic heterocycles. The Morgan fingerprint density at radius 3 is 2.62 bits per heavy atom. The summed E-state index contributed by atoms with van der Waals surface area (Å²) in [6.45, 7) is -0.535. The van der Waals surface area contributed by atoms with Crippen LogP contribution in [-0.2, 0) is 14.8 Å². The van der Waals surface area contributed by atoms with Gasteiger partial charge in [-0.05, 0) is 6.07 Å². The Labute approximate surface area is 119 Å². The average Bonchev–Trinajstić information content (AvgIpc) is 2.42. The quantitative estimate of drug-likeness (QED) is 0.219. The van der Waals surface area contributed by atoms with Gasteiger partial charge in [0, 0.05) is 18.7 Å². The summed E-state index contributed by atoms with van der Waals surface area (Å²) in [5, 5.41) is 10.7. The number of nitro groups is 1. The number of benzene rings is 1. The number of amides is 1. The number of rotatable bonds is 7. The molecule has 1 amide bonds. The number of carbonyl (C=O) groups is 1. The van der Waals surface area contributed by atoms with Crippen molar-refractivity contribution in [3.63, 3.8) is 0 Å². The Morgan fingerprint density at radius 1 is 1.43 bits per heavy atom. The fourth-order valence-corrected chi connectivity index (χ4v) is 2.57. The smallest absolute Gasteiger partial charge is 0.404 e. The summed E-state index contributed by atoms with van der Waals surface area (Å²) in [6.07, 6.45) is -1.05. The van der Waals surface area contributed by atoms with Crippen molar-refractivity contribution >= 4 is 27.5 Å². The third-order valence-electron chi connectivity index (χ3n) is 2.26. The fraction of sp³-hybridized carbons (Fsp3) is 0.222. The molecule has 0 radical (unpaired) electrons. The van der Waals surface area contributed by atoms with Gasteiger partial charge in [0.2, 0.25) is 10.0 Å². The van der Waals surface area contributed by atoms with Gasteiger partial charge in [0.25, 0.3) is 5.69 Å². The van der Waals surface area contributed by atoms with Crippen LogP contribution in [0.3, 0.4) is 0 Å². The first-order valence-corrected chi connectivity index (χ1v) is 6.93. The largest absolute Gasteiger partial charge is 0.448 e. The molecule has 1 aromatic carbocycles. The Bertz CT molecular complexity index is 646. The van der Waals surface area contributed by atoms with Gasteiger partial charge < -0.3 is 15.9 Å². The molecule has 0 saturated heterocycles. The number of nitrogens with two attached hydrogens (primary N) is 2. The van der Waals surface area contributed by atoms with Crippen molar-refractivity contribution in [1.82, 2.24) is 4.72 Å². The number of anilines is 1. The number of nitrogens with one attached hydrogen (secondary N) is 2. The number of nitrogen functional groups attached to an aromatic ring is 1. The highest BCUT2D eigenvalue weighted by atomic mass is 32.2. The van der Waals surface area contributed by atoms with Gasteiger partial charge in [-0.25, -0.2) is 17.9 Å². The molecule has 1 rings (SSSR count). The van der Waals surface area contributed by atoms with Crippen molar-refractivity contribution in [3.05, 3.63) is 28.3 Å². The molecule has 0 aliphatic rings. The van der Waals surface area contributed by atoms with Crippen molar-refractivity contribution in [1.29, 1.82) is 0 Å². The maximum atomic E-state index is 12.0. The highest BCUT2D eigenvalue weighted by Gasteiger charge is 2.21. The van der Waals surface area contributed by atoms with Crippen LogP contribution in [0.2, 0.25) is 0 Å². The number of nitro benzene ring substituents is 1. The normalized spacial score (nSPS) is 10.9. The summed E-state index contributed by atoms with van der Waals surface area (Å²) in [7, 11) is -4.09. The summed E-state index contributed by atoms with van der Waals surface area (Å²) >= 11 is 0. The van der Waals surface area contributed by atoms with E-state index in [1.165, 1.54) is 0 Å². The Morgan fingerprint density at radius 2 is 2.10 bits per heavy atom. The summed E-state index contributed by atoms with van der Waals surface area (Å²) in [6, 6.07) is 3.11. The second kappa shape index (κ2) is 6.83. The molecule has 0 spiro atoms. The molecule has 116 valence electrons. The van der Waals surface area contributed by atoms with E-state index < -0.39 is 31.6 Å². The Kier molecular flexibility index (Phi) is 5.40. The number of primary amides is 1. The molecule has 0 bridgehead atoms. The van der Waals surface area contributed by atoms with E-state index in [0.717, 1.165) is 18.2 Å². The first-order chi connectivity index (χ1) is 9.77. The van der Waals surface area contributed by atoms with Crippen LogP contribution in [0, 0.1) is 10.1 Å². The van der Waals surface area contributed by atoms with Crippen LogP contribution in [0.15, 0.2) is 23.1 Å². The van der Waals surface area contributed by atoms with E-state index in [4.69, 9.17) is 11.6 Å². The van der Waals surface area contributed by atoms with Gasteiger partial charge in [-0.15, -0.1) is 0 Å². The minimum atomic E-state index is -4.09. The van der Waals surface area contributed by atoms with Crippen LogP contribution in [0.5, 0.6) is 0 Å². The predicted octanol–water partition coefficient (Wildman–Crippen LogP) is -0.746. The standard InChI is InChI=1S/C9H13N5O6S/c10-9(15)20-4-3-12-21(18,19)8-5-6(14(16)17)1-2-7(8)13-11/h1-2,5,12-13H,3-4,11H2,(H2,10,15). The van der Waals surface area contributed by atoms with Gasteiger partial charge >= 0.3 is 6.09 Å². The fourth-order valence-electron chi connectivity index (χ4n) is 1.37. The first kappa shape index (κ1) is 16.6. The molecule has 0 fully saturated rings. The van der Waals surface area contributed by atoms with Crippen LogP contribution < -0.4 is 21.7 Å². The second-order valence-electron chi connectivity index (χ2n) is 3.65. The molecule has 0 aliphatic heterocycles. The van der Waals surface area contributed by atoms with E-state index in [0.29, 0.717) is 0 Å². The number of non-ortho nitro benzene ring substituents is 1. The maximum Gasteiger partial charge on any atom is 0.404 e. The average molecular weight is 319 g/mol. The number of hydrazine groups is 1. The van der Waals surface area contributed by atoms with Gasteiger partial charge in [0.15, 0.2) is 0 Å². The van der Waals surface area contributed by atoms with Gasteiger partial charge in [-0.1, -0.05) is 0 Å². The van der Waals surface area contributed by atoms with E-state index in [1.807, 2.05) is 0 Å². The predicted molar refractivity (Wildman–Crippen MR) is 71.6 cm³/mol. The van der Waals surface area contributed by atoms with Crippen LogP contribution in [0.25, 0.3) is 0 Å². The van der Waals surface area contributed by atoms with Crippen LogP contribution in [0.4, 0.5) is 16.2 Å². The van der Waals surface area contributed by atoms with Gasteiger partial charge in [0.1, 0.15) is 11.5 Å². The van der Waals surface area contributed by atoms with Crippen molar-refractivity contribution in [2.75, 3.05) is 18.6 Å². The molecule has 0 saturated carbocycles. The van der Waals surface area contributed by atoms with Crippen molar-refractivity contribution in [2.24, 2.45) is 11.6 Å². The zero-order valence-corrected chi connectivity index (χ0v) is 11.4. The van der Waals surface area contributed by atoms with E-state index in [9.17, 15) is 23.3 Å². The number of ether oxygens (including phenoxy) is 1. The summed E-state index contributed by atoms with van der Waals surface area (Å²) < 4.78 is 30.5. The van der Waals surface area contributed by atoms with Crippen molar-refractivity contribution < 1.29 is 22.9 Å². The number of sulfonamides is 1. The lowest BCUT2D eigenvalue weighted by molar-refractivity contribution is -0.385. The molecule has 0 unspecified atom stereocenters. The maximum absolute atomic E-state index is 12.0. The third-order valence-corrected chi connectivity index (χ3v) is 3.76. The second-order valence-corrected chi connectivity index (χ2v) is 5.38. The summed E-state index contributed by atoms with van der Waals surface area (Å²) in [4.78, 5) is 19.9. The van der Waals surface area contributed by atoms with Crippen LogP contribution >= 0.6 is 0 Å². The molecular weight excluding hydrogens is 306 g/mol. The zero-order chi connectivity index (χ0) is 16.0. The first-order valence-electron chi connectivity index (χ1n) is 5.45. The topological polar surface area (TPSA) is 180 Å². The molecule has 0 aliphatic carbocycles. The lowest BCUT2D eigenvalue weighted by Gasteiger charge is -2.10. The monoisotopic (exact) mass is 319 g/mol.